The number of carbonyl (C=O) groups is 2. The molecule has 4 N–H and O–H groups in total. The van der Waals surface area contributed by atoms with Gasteiger partial charge in [0, 0.05) is 0 Å². The van der Waals surface area contributed by atoms with Gasteiger partial charge in [-0.3, -0.25) is 9.59 Å². The fourth-order valence-corrected chi connectivity index (χ4v) is 2.10. The number of hydrogen-bond acceptors (Lipinski definition) is 3. The van der Waals surface area contributed by atoms with Crippen molar-refractivity contribution in [2.24, 2.45) is 11.7 Å². The number of aliphatic hydroxyl groups excluding tert-OH is 1. The molecule has 0 aliphatic heterocycles. The molecule has 0 heterocycles. The van der Waals surface area contributed by atoms with Gasteiger partial charge in [0.2, 0.25) is 11.8 Å². The van der Waals surface area contributed by atoms with E-state index in [1.54, 1.807) is 0 Å². The lowest BCUT2D eigenvalue weighted by molar-refractivity contribution is -0.133. The van der Waals surface area contributed by atoms with Crippen molar-refractivity contribution in [3.8, 4) is 0 Å². The molecule has 5 heteroatoms. The quantitative estimate of drug-likeness (QED) is 0.379. The van der Waals surface area contributed by atoms with E-state index in [4.69, 9.17) is 5.73 Å². The number of primary amides is 1. The van der Waals surface area contributed by atoms with Gasteiger partial charge in [0.15, 0.2) is 0 Å². The average molecular weight is 298 g/mol. The first kappa shape index (κ1) is 19.6. The molecule has 0 aliphatic carbocycles. The van der Waals surface area contributed by atoms with Crippen molar-refractivity contribution < 1.29 is 14.7 Å². The Morgan fingerprint density at radius 1 is 1.24 bits per heavy atom. The van der Waals surface area contributed by atoms with E-state index in [2.05, 4.69) is 11.9 Å². The molecule has 122 valence electrons. The number of carbonyl (C=O) groups excluding carboxylic acids is 2. The van der Waals surface area contributed by atoms with Gasteiger partial charge in [0.05, 0.1) is 0 Å². The Kier molecular flexibility index (Phi) is 10.6. The molecule has 0 aliphatic rings. The summed E-state index contributed by atoms with van der Waals surface area (Å²) in [5.74, 6) is -0.854. The monoisotopic (exact) mass is 298 g/mol. The Morgan fingerprint density at radius 3 is 2.38 bits per heavy atom. The standard InChI is InChI=1S/C16H30N2O3/c1-4-5-6-7-8-9-10-13(15(17)20)18-16(21)14(19)11-12(2)3/h4,12-14,19H,1,5-11H2,2-3H3,(H2,17,20)(H,18,21)/t13-,14-/m0/s1. The fourth-order valence-electron chi connectivity index (χ4n) is 2.10. The second kappa shape index (κ2) is 11.3. The Bertz CT molecular complexity index is 329. The van der Waals surface area contributed by atoms with E-state index in [9.17, 15) is 14.7 Å². The molecule has 0 saturated carbocycles. The number of nitrogens with one attached hydrogen (secondary N) is 1. The predicted molar refractivity (Wildman–Crippen MR) is 84.5 cm³/mol. The third kappa shape index (κ3) is 10.1. The Hall–Kier alpha value is -1.36. The van der Waals surface area contributed by atoms with E-state index < -0.39 is 24.0 Å². The number of unbranched alkanes of at least 4 members (excludes halogenated alkanes) is 4. The molecular weight excluding hydrogens is 268 g/mol. The Morgan fingerprint density at radius 2 is 1.86 bits per heavy atom. The summed E-state index contributed by atoms with van der Waals surface area (Å²) in [5.41, 5.74) is 5.30. The van der Waals surface area contributed by atoms with Crippen LogP contribution >= 0.6 is 0 Å². The number of allylic oxidation sites excluding steroid dienone is 1. The van der Waals surface area contributed by atoms with E-state index in [0.29, 0.717) is 12.8 Å². The fraction of sp³-hybridized carbons (Fsp3) is 0.750. The van der Waals surface area contributed by atoms with E-state index in [1.165, 1.54) is 0 Å². The highest BCUT2D eigenvalue weighted by molar-refractivity contribution is 5.88. The molecule has 0 saturated heterocycles. The molecule has 0 unspecified atom stereocenters. The highest BCUT2D eigenvalue weighted by atomic mass is 16.3. The van der Waals surface area contributed by atoms with Gasteiger partial charge in [0.1, 0.15) is 12.1 Å². The van der Waals surface area contributed by atoms with Crippen LogP contribution in [0.25, 0.3) is 0 Å². The molecule has 0 fully saturated rings. The minimum absolute atomic E-state index is 0.211. The number of hydrogen-bond donors (Lipinski definition) is 3. The van der Waals surface area contributed by atoms with Gasteiger partial charge >= 0.3 is 0 Å². The number of rotatable bonds is 12. The molecule has 0 aromatic rings. The van der Waals surface area contributed by atoms with E-state index in [-0.39, 0.29) is 5.92 Å². The summed E-state index contributed by atoms with van der Waals surface area (Å²) < 4.78 is 0. The second-order valence-corrected chi connectivity index (χ2v) is 5.89. The predicted octanol–water partition coefficient (Wildman–Crippen LogP) is 1.89. The molecule has 21 heavy (non-hydrogen) atoms. The van der Waals surface area contributed by atoms with Crippen molar-refractivity contribution in [3.05, 3.63) is 12.7 Å². The lowest BCUT2D eigenvalue weighted by atomic mass is 10.0. The first-order valence-corrected chi connectivity index (χ1v) is 7.77. The van der Waals surface area contributed by atoms with E-state index in [1.807, 2.05) is 19.9 Å². The summed E-state index contributed by atoms with van der Waals surface area (Å²) in [7, 11) is 0. The van der Waals surface area contributed by atoms with Gasteiger partial charge in [-0.2, -0.15) is 0 Å². The average Bonchev–Trinajstić information content (AvgIpc) is 2.39. The van der Waals surface area contributed by atoms with Crippen LogP contribution in [0, 0.1) is 5.92 Å². The zero-order valence-electron chi connectivity index (χ0n) is 13.3. The van der Waals surface area contributed by atoms with Crippen LogP contribution in [0.1, 0.15) is 58.8 Å². The smallest absolute Gasteiger partial charge is 0.249 e. The number of aliphatic hydroxyl groups is 1. The normalized spacial score (nSPS) is 13.7. The van der Waals surface area contributed by atoms with Gasteiger partial charge in [-0.05, 0) is 31.6 Å². The maximum atomic E-state index is 11.8. The van der Waals surface area contributed by atoms with Crippen molar-refractivity contribution in [1.82, 2.24) is 5.32 Å². The molecule has 2 atom stereocenters. The number of nitrogens with two attached hydrogens (primary N) is 1. The summed E-state index contributed by atoms with van der Waals surface area (Å²) in [6.45, 7) is 7.51. The zero-order chi connectivity index (χ0) is 16.3. The van der Waals surface area contributed by atoms with Crippen molar-refractivity contribution >= 4 is 11.8 Å². The lowest BCUT2D eigenvalue weighted by Gasteiger charge is -2.19. The van der Waals surface area contributed by atoms with Crippen LogP contribution < -0.4 is 11.1 Å². The van der Waals surface area contributed by atoms with Crippen LogP contribution in [0.3, 0.4) is 0 Å². The maximum absolute atomic E-state index is 11.8. The molecule has 0 rings (SSSR count). The molecular formula is C16H30N2O3. The van der Waals surface area contributed by atoms with Gasteiger partial charge in [-0.25, -0.2) is 0 Å². The first-order chi connectivity index (χ1) is 9.88. The summed E-state index contributed by atoms with van der Waals surface area (Å²) in [6, 6.07) is -0.696. The molecule has 5 nitrogen and oxygen atoms in total. The molecule has 0 aromatic carbocycles. The topological polar surface area (TPSA) is 92.4 Å². The number of amides is 2. The first-order valence-electron chi connectivity index (χ1n) is 7.77. The maximum Gasteiger partial charge on any atom is 0.249 e. The summed E-state index contributed by atoms with van der Waals surface area (Å²) in [4.78, 5) is 23.1. The lowest BCUT2D eigenvalue weighted by Crippen LogP contribution is -2.48. The summed E-state index contributed by atoms with van der Waals surface area (Å²) in [6.07, 6.45) is 6.67. The largest absolute Gasteiger partial charge is 0.383 e. The van der Waals surface area contributed by atoms with Crippen LogP contribution in [0.5, 0.6) is 0 Å². The van der Waals surface area contributed by atoms with Crippen LogP contribution in [-0.4, -0.2) is 29.1 Å². The highest BCUT2D eigenvalue weighted by Crippen LogP contribution is 2.09. The minimum atomic E-state index is -1.08. The van der Waals surface area contributed by atoms with Crippen LogP contribution in [0.2, 0.25) is 0 Å². The molecule has 0 aromatic heterocycles. The van der Waals surface area contributed by atoms with Gasteiger partial charge in [0.25, 0.3) is 0 Å². The molecule has 0 radical (unpaired) electrons. The summed E-state index contributed by atoms with van der Waals surface area (Å²) >= 11 is 0. The SMILES string of the molecule is C=CCCCCCC[C@H](NC(=O)[C@@H](O)CC(C)C)C(N)=O. The Balaban J connectivity index is 4.09. The van der Waals surface area contributed by atoms with Crippen molar-refractivity contribution in [1.29, 1.82) is 0 Å². The summed E-state index contributed by atoms with van der Waals surface area (Å²) in [5, 5.41) is 12.3. The highest BCUT2D eigenvalue weighted by Gasteiger charge is 2.22. The Labute approximate surface area is 128 Å². The van der Waals surface area contributed by atoms with Crippen molar-refractivity contribution in [3.63, 3.8) is 0 Å². The van der Waals surface area contributed by atoms with E-state index >= 15 is 0 Å². The van der Waals surface area contributed by atoms with Gasteiger partial charge < -0.3 is 16.2 Å². The second-order valence-electron chi connectivity index (χ2n) is 5.89. The van der Waals surface area contributed by atoms with Crippen molar-refractivity contribution in [2.75, 3.05) is 0 Å². The molecule has 0 spiro atoms. The van der Waals surface area contributed by atoms with Crippen molar-refractivity contribution in [2.45, 2.75) is 70.9 Å². The van der Waals surface area contributed by atoms with E-state index in [0.717, 1.165) is 32.1 Å². The van der Waals surface area contributed by atoms with Gasteiger partial charge in [-0.15, -0.1) is 6.58 Å². The van der Waals surface area contributed by atoms with Crippen LogP contribution in [0.4, 0.5) is 0 Å². The third-order valence-electron chi connectivity index (χ3n) is 3.31. The molecule has 0 bridgehead atoms. The van der Waals surface area contributed by atoms with Gasteiger partial charge in [-0.1, -0.05) is 39.2 Å². The minimum Gasteiger partial charge on any atom is -0.383 e. The molecule has 2 amide bonds. The van der Waals surface area contributed by atoms with Crippen LogP contribution in [-0.2, 0) is 9.59 Å². The zero-order valence-corrected chi connectivity index (χ0v) is 13.3. The van der Waals surface area contributed by atoms with Crippen LogP contribution in [0.15, 0.2) is 12.7 Å². The third-order valence-corrected chi connectivity index (χ3v) is 3.31.